The average molecular weight is 330 g/mol. The van der Waals surface area contributed by atoms with E-state index in [0.717, 1.165) is 35.4 Å². The van der Waals surface area contributed by atoms with Gasteiger partial charge < -0.3 is 14.8 Å². The van der Waals surface area contributed by atoms with Gasteiger partial charge in [0.25, 0.3) is 0 Å². The van der Waals surface area contributed by atoms with Crippen LogP contribution in [0.3, 0.4) is 0 Å². The summed E-state index contributed by atoms with van der Waals surface area (Å²) in [5.74, 6) is 2.40. The monoisotopic (exact) mass is 329 g/mol. The molecule has 1 unspecified atom stereocenters. The largest absolute Gasteiger partial charge is 0.495 e. The van der Waals surface area contributed by atoms with Crippen molar-refractivity contribution in [1.82, 2.24) is 5.32 Å². The molecule has 1 N–H and O–H groups in total. The lowest BCUT2D eigenvalue weighted by Crippen LogP contribution is -2.12. The minimum atomic E-state index is 0.707. The van der Waals surface area contributed by atoms with E-state index in [1.54, 1.807) is 14.2 Å². The first-order chi connectivity index (χ1) is 9.13. The van der Waals surface area contributed by atoms with Gasteiger partial charge in [-0.25, -0.2) is 0 Å². The van der Waals surface area contributed by atoms with E-state index in [9.17, 15) is 0 Å². The molecule has 1 aromatic carbocycles. The number of nitrogens with one attached hydrogen (secondary N) is 1. The highest BCUT2D eigenvalue weighted by Gasteiger charge is 2.13. The Labute approximate surface area is 124 Å². The third-order valence-electron chi connectivity index (χ3n) is 3.36. The Morgan fingerprint density at radius 3 is 2.53 bits per heavy atom. The van der Waals surface area contributed by atoms with Gasteiger partial charge in [-0.1, -0.05) is 13.0 Å². The summed E-state index contributed by atoms with van der Waals surface area (Å²) in [4.78, 5) is 0. The second-order valence-electron chi connectivity index (χ2n) is 4.81. The van der Waals surface area contributed by atoms with Crippen LogP contribution in [-0.4, -0.2) is 27.8 Å². The smallest absolute Gasteiger partial charge is 0.139 e. The summed E-state index contributed by atoms with van der Waals surface area (Å²) < 4.78 is 11.7. The molecule has 19 heavy (non-hydrogen) atoms. The van der Waals surface area contributed by atoms with E-state index in [4.69, 9.17) is 9.47 Å². The molecule has 0 radical (unpaired) electrons. The predicted molar refractivity (Wildman–Crippen MR) is 83.3 cm³/mol. The van der Waals surface area contributed by atoms with Crippen LogP contribution in [0.15, 0.2) is 16.6 Å². The Hall–Kier alpha value is -0.740. The molecule has 0 saturated carbocycles. The summed E-state index contributed by atoms with van der Waals surface area (Å²) in [6.07, 6.45) is 3.39. The summed E-state index contributed by atoms with van der Waals surface area (Å²) in [6, 6.07) is 4.08. The Morgan fingerprint density at radius 1 is 1.21 bits per heavy atom. The van der Waals surface area contributed by atoms with Crippen molar-refractivity contribution in [3.63, 3.8) is 0 Å². The summed E-state index contributed by atoms with van der Waals surface area (Å²) >= 11 is 3.54. The van der Waals surface area contributed by atoms with Gasteiger partial charge in [0.1, 0.15) is 16.0 Å². The summed E-state index contributed by atoms with van der Waals surface area (Å²) in [5.41, 5.74) is 1.23. The molecule has 0 fully saturated rings. The quantitative estimate of drug-likeness (QED) is 0.789. The summed E-state index contributed by atoms with van der Waals surface area (Å²) in [7, 11) is 5.36. The van der Waals surface area contributed by atoms with Gasteiger partial charge in [-0.3, -0.25) is 0 Å². The maximum atomic E-state index is 5.49. The topological polar surface area (TPSA) is 30.5 Å². The zero-order valence-electron chi connectivity index (χ0n) is 12.3. The Morgan fingerprint density at radius 2 is 1.95 bits per heavy atom. The van der Waals surface area contributed by atoms with Gasteiger partial charge in [-0.05, 0) is 66.3 Å². The van der Waals surface area contributed by atoms with Crippen molar-refractivity contribution in [2.24, 2.45) is 5.92 Å². The first-order valence-electron chi connectivity index (χ1n) is 6.68. The molecule has 0 bridgehead atoms. The molecular formula is C15H24BrNO2. The van der Waals surface area contributed by atoms with Crippen LogP contribution in [0.25, 0.3) is 0 Å². The van der Waals surface area contributed by atoms with Crippen molar-refractivity contribution >= 4 is 15.9 Å². The molecule has 1 rings (SSSR count). The molecule has 3 nitrogen and oxygen atoms in total. The zero-order chi connectivity index (χ0) is 14.3. The van der Waals surface area contributed by atoms with Crippen LogP contribution in [0, 0.1) is 5.92 Å². The molecule has 0 aromatic heterocycles. The number of halogens is 1. The van der Waals surface area contributed by atoms with Crippen LogP contribution in [0.2, 0.25) is 0 Å². The number of aryl methyl sites for hydroxylation is 1. The first-order valence-corrected chi connectivity index (χ1v) is 7.47. The highest BCUT2D eigenvalue weighted by atomic mass is 79.9. The van der Waals surface area contributed by atoms with Crippen molar-refractivity contribution in [3.05, 3.63) is 22.2 Å². The zero-order valence-corrected chi connectivity index (χ0v) is 13.8. The third kappa shape index (κ3) is 4.69. The van der Waals surface area contributed by atoms with Crippen LogP contribution < -0.4 is 14.8 Å². The minimum Gasteiger partial charge on any atom is -0.495 e. The third-order valence-corrected chi connectivity index (χ3v) is 4.11. The molecule has 0 aliphatic carbocycles. The fourth-order valence-electron chi connectivity index (χ4n) is 2.09. The van der Waals surface area contributed by atoms with Crippen LogP contribution in [0.1, 0.15) is 25.3 Å². The fraction of sp³-hybridized carbons (Fsp3) is 0.600. The molecular weight excluding hydrogens is 306 g/mol. The predicted octanol–water partition coefficient (Wildman–Crippen LogP) is 3.64. The lowest BCUT2D eigenvalue weighted by Gasteiger charge is -2.15. The van der Waals surface area contributed by atoms with Gasteiger partial charge in [-0.15, -0.1) is 0 Å². The second-order valence-corrected chi connectivity index (χ2v) is 5.60. The summed E-state index contributed by atoms with van der Waals surface area (Å²) in [5, 5.41) is 3.19. The molecule has 0 aliphatic rings. The number of rotatable bonds is 8. The average Bonchev–Trinajstić information content (AvgIpc) is 2.42. The molecule has 0 saturated heterocycles. The minimum absolute atomic E-state index is 0.707. The standard InChI is InChI=1S/C15H24BrNO2/c1-11(9-10-17-2)5-6-12-7-8-13(18-3)14(16)15(12)19-4/h7-8,11,17H,5-6,9-10H2,1-4H3. The Kier molecular flexibility index (Phi) is 7.24. The number of hydrogen-bond donors (Lipinski definition) is 1. The van der Waals surface area contributed by atoms with Gasteiger partial charge in [0.2, 0.25) is 0 Å². The molecule has 108 valence electrons. The molecule has 4 heteroatoms. The van der Waals surface area contributed by atoms with Crippen LogP contribution in [0.4, 0.5) is 0 Å². The van der Waals surface area contributed by atoms with Crippen molar-refractivity contribution in [3.8, 4) is 11.5 Å². The maximum Gasteiger partial charge on any atom is 0.139 e. The van der Waals surface area contributed by atoms with E-state index in [1.807, 2.05) is 13.1 Å². The number of ether oxygens (including phenoxy) is 2. The van der Waals surface area contributed by atoms with Crippen LogP contribution in [-0.2, 0) is 6.42 Å². The number of hydrogen-bond acceptors (Lipinski definition) is 3. The molecule has 0 aliphatic heterocycles. The van der Waals surface area contributed by atoms with Gasteiger partial charge >= 0.3 is 0 Å². The van der Waals surface area contributed by atoms with Crippen molar-refractivity contribution in [1.29, 1.82) is 0 Å². The fourth-order valence-corrected chi connectivity index (χ4v) is 2.80. The van der Waals surface area contributed by atoms with E-state index in [1.165, 1.54) is 12.0 Å². The molecule has 0 spiro atoms. The highest BCUT2D eigenvalue weighted by Crippen LogP contribution is 2.37. The number of benzene rings is 1. The normalized spacial score (nSPS) is 12.3. The summed E-state index contributed by atoms with van der Waals surface area (Å²) in [6.45, 7) is 3.37. The van der Waals surface area contributed by atoms with Crippen molar-refractivity contribution in [2.75, 3.05) is 27.8 Å². The van der Waals surface area contributed by atoms with E-state index in [0.29, 0.717) is 5.92 Å². The van der Waals surface area contributed by atoms with Gasteiger partial charge in [-0.2, -0.15) is 0 Å². The molecule has 1 aromatic rings. The van der Waals surface area contributed by atoms with E-state index >= 15 is 0 Å². The SMILES string of the molecule is CNCCC(C)CCc1ccc(OC)c(Br)c1OC. The van der Waals surface area contributed by atoms with Gasteiger partial charge in [0, 0.05) is 0 Å². The van der Waals surface area contributed by atoms with Crippen molar-refractivity contribution in [2.45, 2.75) is 26.2 Å². The Balaban J connectivity index is 2.70. The second kappa shape index (κ2) is 8.43. The lowest BCUT2D eigenvalue weighted by atomic mass is 9.97. The molecule has 0 amide bonds. The van der Waals surface area contributed by atoms with E-state index in [2.05, 4.69) is 34.2 Å². The molecule has 0 heterocycles. The van der Waals surface area contributed by atoms with Crippen molar-refractivity contribution < 1.29 is 9.47 Å². The van der Waals surface area contributed by atoms with Gasteiger partial charge in [0.05, 0.1) is 14.2 Å². The number of methoxy groups -OCH3 is 2. The highest BCUT2D eigenvalue weighted by molar-refractivity contribution is 9.10. The first kappa shape index (κ1) is 16.3. The maximum absolute atomic E-state index is 5.49. The van der Waals surface area contributed by atoms with Gasteiger partial charge in [0.15, 0.2) is 0 Å². The Bertz CT molecular complexity index is 396. The molecule has 1 atom stereocenters. The van der Waals surface area contributed by atoms with Crippen LogP contribution in [0.5, 0.6) is 11.5 Å². The lowest BCUT2D eigenvalue weighted by molar-refractivity contribution is 0.384. The van der Waals surface area contributed by atoms with Crippen LogP contribution >= 0.6 is 15.9 Å². The van der Waals surface area contributed by atoms with E-state index in [-0.39, 0.29) is 0 Å². The van der Waals surface area contributed by atoms with E-state index < -0.39 is 0 Å².